The molecule has 0 spiro atoms. The van der Waals surface area contributed by atoms with Gasteiger partial charge in [-0.15, -0.1) is 0 Å². The Morgan fingerprint density at radius 2 is 2.06 bits per heavy atom. The van der Waals surface area contributed by atoms with E-state index in [1.54, 1.807) is 6.92 Å². The summed E-state index contributed by atoms with van der Waals surface area (Å²) in [4.78, 5) is 11.1. The zero-order chi connectivity index (χ0) is 11.5. The summed E-state index contributed by atoms with van der Waals surface area (Å²) in [7, 11) is 0. The highest BCUT2D eigenvalue weighted by molar-refractivity contribution is 5.69. The van der Waals surface area contributed by atoms with Crippen LogP contribution in [0.15, 0.2) is 30.3 Å². The molecule has 86 valence electrons. The van der Waals surface area contributed by atoms with Crippen LogP contribution in [0.5, 0.6) is 0 Å². The Bertz CT molecular complexity index is 363. The highest BCUT2D eigenvalue weighted by Gasteiger charge is 2.50. The molecule has 1 fully saturated rings. The van der Waals surface area contributed by atoms with Gasteiger partial charge in [0.1, 0.15) is 6.10 Å². The predicted octanol–water partition coefficient (Wildman–Crippen LogP) is 1.51. The summed E-state index contributed by atoms with van der Waals surface area (Å²) in [5.74, 6) is 0.133. The van der Waals surface area contributed by atoms with Gasteiger partial charge in [-0.25, -0.2) is 0 Å². The van der Waals surface area contributed by atoms with Crippen LogP contribution in [0.3, 0.4) is 0 Å². The minimum Gasteiger partial charge on any atom is -0.460 e. The predicted molar refractivity (Wildman–Crippen MR) is 61.8 cm³/mol. The van der Waals surface area contributed by atoms with Crippen molar-refractivity contribution in [2.45, 2.75) is 31.9 Å². The lowest BCUT2D eigenvalue weighted by Gasteiger charge is -2.01. The number of benzene rings is 1. The third-order valence-electron chi connectivity index (χ3n) is 3.03. The van der Waals surface area contributed by atoms with Crippen LogP contribution in [0, 0.1) is 5.92 Å². The van der Waals surface area contributed by atoms with Crippen molar-refractivity contribution in [3.05, 3.63) is 35.9 Å². The van der Waals surface area contributed by atoms with Gasteiger partial charge in [-0.2, -0.15) is 0 Å². The van der Waals surface area contributed by atoms with Crippen LogP contribution in [-0.4, -0.2) is 18.1 Å². The number of hydrogen-bond donors (Lipinski definition) is 1. The molecule has 2 unspecified atom stereocenters. The molecule has 1 aliphatic rings. The average Bonchev–Trinajstić information content (AvgIpc) is 2.90. The van der Waals surface area contributed by atoms with Crippen molar-refractivity contribution in [1.82, 2.24) is 0 Å². The molecule has 0 aliphatic heterocycles. The normalized spacial score (nSPS) is 27.5. The van der Waals surface area contributed by atoms with Gasteiger partial charge in [0.2, 0.25) is 0 Å². The van der Waals surface area contributed by atoms with E-state index in [4.69, 9.17) is 10.5 Å². The highest BCUT2D eigenvalue weighted by atomic mass is 16.6. The summed E-state index contributed by atoms with van der Waals surface area (Å²) < 4.78 is 5.24. The zero-order valence-corrected chi connectivity index (χ0v) is 9.43. The molecule has 2 N–H and O–H groups in total. The van der Waals surface area contributed by atoms with Crippen LogP contribution in [0.4, 0.5) is 0 Å². The molecule has 16 heavy (non-hydrogen) atoms. The molecular formula is C13H17NO2. The molecule has 0 saturated heterocycles. The van der Waals surface area contributed by atoms with Gasteiger partial charge in [0, 0.05) is 18.4 Å². The monoisotopic (exact) mass is 219 g/mol. The van der Waals surface area contributed by atoms with Gasteiger partial charge in [0.05, 0.1) is 0 Å². The Morgan fingerprint density at radius 1 is 1.38 bits per heavy atom. The third-order valence-corrected chi connectivity index (χ3v) is 3.03. The smallest absolute Gasteiger partial charge is 0.305 e. The molecule has 0 bridgehead atoms. The lowest BCUT2D eigenvalue weighted by Crippen LogP contribution is -2.12. The molecule has 3 heteroatoms. The van der Waals surface area contributed by atoms with E-state index in [0.29, 0.717) is 6.42 Å². The lowest BCUT2D eigenvalue weighted by atomic mass is 10.1. The number of esters is 1. The van der Waals surface area contributed by atoms with Crippen molar-refractivity contribution >= 4 is 5.97 Å². The first-order valence-corrected chi connectivity index (χ1v) is 5.71. The summed E-state index contributed by atoms with van der Waals surface area (Å²) in [6.07, 6.45) is 1.23. The van der Waals surface area contributed by atoms with E-state index in [1.165, 1.54) is 5.56 Å². The maximum Gasteiger partial charge on any atom is 0.305 e. The van der Waals surface area contributed by atoms with Gasteiger partial charge < -0.3 is 10.5 Å². The number of nitrogens with two attached hydrogens (primary N) is 1. The minimum atomic E-state index is -0.156. The largest absolute Gasteiger partial charge is 0.460 e. The van der Waals surface area contributed by atoms with Gasteiger partial charge in [-0.3, -0.25) is 4.79 Å². The van der Waals surface area contributed by atoms with E-state index in [0.717, 1.165) is 6.42 Å². The molecule has 1 aliphatic carbocycles. The van der Waals surface area contributed by atoms with Crippen LogP contribution in [-0.2, 0) is 16.0 Å². The van der Waals surface area contributed by atoms with E-state index >= 15 is 0 Å². The van der Waals surface area contributed by atoms with Crippen molar-refractivity contribution in [1.29, 1.82) is 0 Å². The fraction of sp³-hybridized carbons (Fsp3) is 0.462. The first-order chi connectivity index (χ1) is 7.72. The Kier molecular flexibility index (Phi) is 3.25. The van der Waals surface area contributed by atoms with Gasteiger partial charge in [-0.1, -0.05) is 37.3 Å². The minimum absolute atomic E-state index is 0.00991. The first-order valence-electron chi connectivity index (χ1n) is 5.71. The van der Waals surface area contributed by atoms with Crippen molar-refractivity contribution < 1.29 is 9.53 Å². The van der Waals surface area contributed by atoms with Crippen LogP contribution in [0.25, 0.3) is 0 Å². The topological polar surface area (TPSA) is 52.3 Å². The molecule has 0 radical (unpaired) electrons. The summed E-state index contributed by atoms with van der Waals surface area (Å²) in [5.41, 5.74) is 7.13. The summed E-state index contributed by atoms with van der Waals surface area (Å²) in [6.45, 7) is 1.79. The molecule has 0 heterocycles. The summed E-state index contributed by atoms with van der Waals surface area (Å²) >= 11 is 0. The van der Waals surface area contributed by atoms with E-state index in [9.17, 15) is 4.79 Å². The summed E-state index contributed by atoms with van der Waals surface area (Å²) in [5, 5.41) is 0. The van der Waals surface area contributed by atoms with Crippen molar-refractivity contribution in [3.63, 3.8) is 0 Å². The van der Waals surface area contributed by atoms with Gasteiger partial charge in [-0.05, 0) is 12.0 Å². The first kappa shape index (κ1) is 11.1. The van der Waals surface area contributed by atoms with E-state index in [1.807, 2.05) is 18.2 Å². The SMILES string of the molecule is CCC(=O)OC1C(N)[C@@H]1Cc1ccccc1. The maximum absolute atomic E-state index is 11.1. The molecule has 1 aromatic carbocycles. The van der Waals surface area contributed by atoms with Crippen molar-refractivity contribution in [2.75, 3.05) is 0 Å². The fourth-order valence-corrected chi connectivity index (χ4v) is 1.91. The quantitative estimate of drug-likeness (QED) is 0.781. The van der Waals surface area contributed by atoms with Crippen molar-refractivity contribution in [2.24, 2.45) is 11.7 Å². The van der Waals surface area contributed by atoms with E-state index in [-0.39, 0.29) is 24.0 Å². The molecular weight excluding hydrogens is 202 g/mol. The number of ether oxygens (including phenoxy) is 1. The Labute approximate surface area is 95.6 Å². The molecule has 1 saturated carbocycles. The maximum atomic E-state index is 11.1. The highest BCUT2D eigenvalue weighted by Crippen LogP contribution is 2.35. The molecule has 1 aromatic rings. The van der Waals surface area contributed by atoms with E-state index in [2.05, 4.69) is 12.1 Å². The lowest BCUT2D eigenvalue weighted by molar-refractivity contribution is -0.145. The standard InChI is InChI=1S/C13H17NO2/c1-2-11(15)16-13-10(12(13)14)8-9-6-4-3-5-7-9/h3-7,10,12-13H,2,8,14H2,1H3/t10-,12?,13?/m0/s1. The van der Waals surface area contributed by atoms with Gasteiger partial charge >= 0.3 is 5.97 Å². The number of rotatable bonds is 4. The van der Waals surface area contributed by atoms with Crippen LogP contribution >= 0.6 is 0 Å². The van der Waals surface area contributed by atoms with Crippen LogP contribution < -0.4 is 5.73 Å². The van der Waals surface area contributed by atoms with Crippen molar-refractivity contribution in [3.8, 4) is 0 Å². The Morgan fingerprint density at radius 3 is 2.69 bits per heavy atom. The molecule has 0 aromatic heterocycles. The van der Waals surface area contributed by atoms with Gasteiger partial charge in [0.25, 0.3) is 0 Å². The number of hydrogen-bond acceptors (Lipinski definition) is 3. The zero-order valence-electron chi connectivity index (χ0n) is 9.43. The second kappa shape index (κ2) is 4.66. The number of carbonyl (C=O) groups excluding carboxylic acids is 1. The Balaban J connectivity index is 1.87. The third kappa shape index (κ3) is 2.42. The molecule has 3 nitrogen and oxygen atoms in total. The molecule has 3 atom stereocenters. The number of carbonyl (C=O) groups is 1. The fourth-order valence-electron chi connectivity index (χ4n) is 1.91. The second-order valence-corrected chi connectivity index (χ2v) is 4.24. The van der Waals surface area contributed by atoms with E-state index < -0.39 is 0 Å². The molecule has 2 rings (SSSR count). The summed E-state index contributed by atoms with van der Waals surface area (Å²) in [6, 6.07) is 10.2. The second-order valence-electron chi connectivity index (χ2n) is 4.24. The Hall–Kier alpha value is -1.35. The van der Waals surface area contributed by atoms with Crippen LogP contribution in [0.1, 0.15) is 18.9 Å². The van der Waals surface area contributed by atoms with Gasteiger partial charge in [0.15, 0.2) is 0 Å². The van der Waals surface area contributed by atoms with Crippen LogP contribution in [0.2, 0.25) is 0 Å². The average molecular weight is 219 g/mol. The molecule has 0 amide bonds.